The molecule has 0 bridgehead atoms. The molecule has 4 N–H and O–H groups in total. The Labute approximate surface area is 111 Å². The van der Waals surface area contributed by atoms with E-state index in [-0.39, 0.29) is 5.91 Å². The average molecular weight is 262 g/mol. The molecule has 2 atom stereocenters. The molecule has 1 aromatic heterocycles. The van der Waals surface area contributed by atoms with Crippen LogP contribution in [0.3, 0.4) is 0 Å². The van der Waals surface area contributed by atoms with Crippen molar-refractivity contribution in [3.63, 3.8) is 0 Å². The summed E-state index contributed by atoms with van der Waals surface area (Å²) in [4.78, 5) is 22.0. The van der Waals surface area contributed by atoms with Gasteiger partial charge >= 0.3 is 0 Å². The number of nitrogens with zero attached hydrogens (tertiary/aromatic N) is 3. The van der Waals surface area contributed by atoms with Gasteiger partial charge in [-0.3, -0.25) is 10.2 Å². The highest BCUT2D eigenvalue weighted by atomic mass is 16.1. The summed E-state index contributed by atoms with van der Waals surface area (Å²) in [5.41, 5.74) is 2.46. The molecule has 19 heavy (non-hydrogen) atoms. The number of amides is 1. The minimum Gasteiger partial charge on any atom is -0.356 e. The monoisotopic (exact) mass is 262 g/mol. The number of carbonyl (C=O) groups is 1. The number of anilines is 2. The van der Waals surface area contributed by atoms with Crippen LogP contribution in [-0.4, -0.2) is 35.0 Å². The first kappa shape index (κ1) is 12.2. The number of rotatable bonds is 2. The lowest BCUT2D eigenvalue weighted by Crippen LogP contribution is -2.54. The second kappa shape index (κ2) is 5.00. The highest BCUT2D eigenvalue weighted by molar-refractivity contribution is 5.77. The van der Waals surface area contributed by atoms with Gasteiger partial charge in [0.1, 0.15) is 5.82 Å². The van der Waals surface area contributed by atoms with E-state index in [9.17, 15) is 4.79 Å². The fourth-order valence-corrected chi connectivity index (χ4v) is 2.91. The van der Waals surface area contributed by atoms with Crippen LogP contribution in [0.1, 0.15) is 19.3 Å². The van der Waals surface area contributed by atoms with Crippen LogP contribution in [0.15, 0.2) is 12.3 Å². The Hall–Kier alpha value is -1.89. The number of carbonyl (C=O) groups excluding carboxylic acids is 1. The van der Waals surface area contributed by atoms with Crippen molar-refractivity contribution in [3.8, 4) is 0 Å². The van der Waals surface area contributed by atoms with E-state index in [2.05, 4.69) is 25.6 Å². The van der Waals surface area contributed by atoms with Crippen LogP contribution in [0.4, 0.5) is 11.8 Å². The van der Waals surface area contributed by atoms with Crippen LogP contribution >= 0.6 is 0 Å². The van der Waals surface area contributed by atoms with E-state index >= 15 is 0 Å². The fourth-order valence-electron chi connectivity index (χ4n) is 2.91. The summed E-state index contributed by atoms with van der Waals surface area (Å²) in [7, 11) is 0. The number of hydrogen-bond acceptors (Lipinski definition) is 6. The van der Waals surface area contributed by atoms with Crippen LogP contribution in [0.25, 0.3) is 0 Å². The van der Waals surface area contributed by atoms with Gasteiger partial charge in [-0.25, -0.2) is 10.8 Å². The predicted octanol–water partition coefficient (Wildman–Crippen LogP) is -0.133. The zero-order valence-corrected chi connectivity index (χ0v) is 10.7. The van der Waals surface area contributed by atoms with Gasteiger partial charge in [0, 0.05) is 31.7 Å². The molecule has 0 aliphatic carbocycles. The van der Waals surface area contributed by atoms with Crippen molar-refractivity contribution >= 4 is 17.7 Å². The van der Waals surface area contributed by atoms with Gasteiger partial charge in [0.15, 0.2) is 0 Å². The van der Waals surface area contributed by atoms with E-state index in [1.165, 1.54) is 0 Å². The zero-order chi connectivity index (χ0) is 13.2. The smallest absolute Gasteiger partial charge is 0.239 e. The number of fused-ring (bicyclic) bond motifs is 1. The molecule has 0 spiro atoms. The molecule has 0 radical (unpaired) electrons. The maximum Gasteiger partial charge on any atom is 0.239 e. The topological polar surface area (TPSA) is 96.2 Å². The van der Waals surface area contributed by atoms with Gasteiger partial charge in [0.2, 0.25) is 11.9 Å². The first-order valence-electron chi connectivity index (χ1n) is 6.60. The van der Waals surface area contributed by atoms with E-state index in [0.717, 1.165) is 31.7 Å². The predicted molar refractivity (Wildman–Crippen MR) is 71.3 cm³/mol. The van der Waals surface area contributed by atoms with Gasteiger partial charge in [0.25, 0.3) is 0 Å². The third-order valence-corrected chi connectivity index (χ3v) is 3.92. The number of hydrazine groups is 1. The molecule has 2 saturated heterocycles. The number of piperidine rings is 2. The Kier molecular flexibility index (Phi) is 3.20. The molecule has 3 heterocycles. The van der Waals surface area contributed by atoms with Gasteiger partial charge in [-0.2, -0.15) is 4.98 Å². The van der Waals surface area contributed by atoms with Crippen molar-refractivity contribution in [3.05, 3.63) is 12.3 Å². The summed E-state index contributed by atoms with van der Waals surface area (Å²) in [6.07, 6.45) is 4.26. The lowest BCUT2D eigenvalue weighted by Gasteiger charge is -2.41. The Morgan fingerprint density at radius 2 is 2.37 bits per heavy atom. The van der Waals surface area contributed by atoms with E-state index < -0.39 is 0 Å². The third kappa shape index (κ3) is 2.46. The second-order valence-electron chi connectivity index (χ2n) is 5.09. The highest BCUT2D eigenvalue weighted by Gasteiger charge is 2.34. The fraction of sp³-hybridized carbons (Fsp3) is 0.583. The van der Waals surface area contributed by atoms with Gasteiger partial charge in [-0.1, -0.05) is 0 Å². The van der Waals surface area contributed by atoms with Crippen molar-refractivity contribution in [2.24, 2.45) is 11.8 Å². The summed E-state index contributed by atoms with van der Waals surface area (Å²) in [5, 5.41) is 3.08. The van der Waals surface area contributed by atoms with Gasteiger partial charge < -0.3 is 10.2 Å². The number of nitrogens with two attached hydrogens (primary N) is 1. The molecule has 3 rings (SSSR count). The Morgan fingerprint density at radius 3 is 3.21 bits per heavy atom. The molecule has 2 unspecified atom stereocenters. The molecule has 0 aromatic carbocycles. The largest absolute Gasteiger partial charge is 0.356 e. The highest BCUT2D eigenvalue weighted by Crippen LogP contribution is 2.27. The van der Waals surface area contributed by atoms with Crippen LogP contribution in [0, 0.1) is 5.92 Å². The summed E-state index contributed by atoms with van der Waals surface area (Å²) < 4.78 is 0. The maximum atomic E-state index is 11.4. The Bertz CT molecular complexity index is 479. The van der Waals surface area contributed by atoms with Crippen molar-refractivity contribution in [2.45, 2.75) is 25.3 Å². The van der Waals surface area contributed by atoms with Crippen LogP contribution < -0.4 is 21.5 Å². The molecule has 2 fully saturated rings. The lowest BCUT2D eigenvalue weighted by molar-refractivity contribution is -0.124. The zero-order valence-electron chi connectivity index (χ0n) is 10.7. The molecule has 0 saturated carbocycles. The normalized spacial score (nSPS) is 26.6. The molecule has 7 nitrogen and oxygen atoms in total. The third-order valence-electron chi connectivity index (χ3n) is 3.92. The minimum atomic E-state index is 0.186. The molecular weight excluding hydrogens is 244 g/mol. The van der Waals surface area contributed by atoms with Gasteiger partial charge in [-0.05, 0) is 24.8 Å². The first-order valence-corrected chi connectivity index (χ1v) is 6.60. The maximum absolute atomic E-state index is 11.4. The van der Waals surface area contributed by atoms with E-state index in [1.807, 2.05) is 6.07 Å². The van der Waals surface area contributed by atoms with Crippen molar-refractivity contribution in [2.75, 3.05) is 23.4 Å². The molecule has 1 aromatic rings. The molecule has 102 valence electrons. The van der Waals surface area contributed by atoms with E-state index in [1.54, 1.807) is 6.20 Å². The van der Waals surface area contributed by atoms with Gasteiger partial charge in [-0.15, -0.1) is 0 Å². The van der Waals surface area contributed by atoms with Crippen molar-refractivity contribution in [1.29, 1.82) is 0 Å². The van der Waals surface area contributed by atoms with Crippen molar-refractivity contribution < 1.29 is 4.79 Å². The standard InChI is InChI=1S/C12H18N6O/c13-17-12-14-5-3-10(16-12)18-6-4-9-8(7-18)1-2-11(19)15-9/h3,5,8-9H,1-2,4,6-7,13H2,(H,15,19)(H,14,16,17). The van der Waals surface area contributed by atoms with Crippen LogP contribution in [0.2, 0.25) is 0 Å². The van der Waals surface area contributed by atoms with Crippen molar-refractivity contribution in [1.82, 2.24) is 15.3 Å². The van der Waals surface area contributed by atoms with E-state index in [0.29, 0.717) is 24.3 Å². The molecule has 1 amide bonds. The molecular formula is C12H18N6O. The Morgan fingerprint density at radius 1 is 1.47 bits per heavy atom. The number of hydrogen-bond donors (Lipinski definition) is 3. The second-order valence-corrected chi connectivity index (χ2v) is 5.09. The number of nitrogen functional groups attached to an aromatic ring is 1. The number of aromatic nitrogens is 2. The molecule has 7 heteroatoms. The Balaban J connectivity index is 1.72. The van der Waals surface area contributed by atoms with Gasteiger partial charge in [0.05, 0.1) is 0 Å². The van der Waals surface area contributed by atoms with Crippen LogP contribution in [0.5, 0.6) is 0 Å². The molecule has 2 aliphatic heterocycles. The summed E-state index contributed by atoms with van der Waals surface area (Å²) in [6.45, 7) is 1.81. The SMILES string of the molecule is NNc1nccc(N2CCC3NC(=O)CCC3C2)n1. The average Bonchev–Trinajstić information content (AvgIpc) is 2.46. The van der Waals surface area contributed by atoms with Crippen LogP contribution in [-0.2, 0) is 4.79 Å². The molecule has 2 aliphatic rings. The summed E-state index contributed by atoms with van der Waals surface area (Å²) in [6, 6.07) is 2.22. The summed E-state index contributed by atoms with van der Waals surface area (Å²) >= 11 is 0. The summed E-state index contributed by atoms with van der Waals surface area (Å²) in [5.74, 6) is 7.34. The number of nitrogens with one attached hydrogen (secondary N) is 2. The first-order chi connectivity index (χ1) is 9.26. The quantitative estimate of drug-likeness (QED) is 0.507. The minimum absolute atomic E-state index is 0.186. The van der Waals surface area contributed by atoms with E-state index in [4.69, 9.17) is 5.84 Å². The lowest BCUT2D eigenvalue weighted by atomic mass is 9.85.